The maximum absolute atomic E-state index is 12.1. The first-order valence-electron chi connectivity index (χ1n) is 5.32. The summed E-state index contributed by atoms with van der Waals surface area (Å²) < 4.78 is 29.1. The lowest BCUT2D eigenvalue weighted by Gasteiger charge is -2.10. The number of hydrogen-bond acceptors (Lipinski definition) is 2. The van der Waals surface area contributed by atoms with Crippen LogP contribution in [0.2, 0.25) is 0 Å². The van der Waals surface area contributed by atoms with Crippen molar-refractivity contribution in [1.82, 2.24) is 0 Å². The van der Waals surface area contributed by atoms with E-state index in [0.29, 0.717) is 17.7 Å². The molecule has 0 radical (unpaired) electrons. The van der Waals surface area contributed by atoms with Gasteiger partial charge >= 0.3 is 5.97 Å². The summed E-state index contributed by atoms with van der Waals surface area (Å²) in [5, 5.41) is 8.83. The molecule has 0 aliphatic heterocycles. The number of carbonyl (C=O) groups is 1. The third kappa shape index (κ3) is 2.72. The normalized spacial score (nSPS) is 22.5. The number of hydrogen-bond donors (Lipinski definition) is 1. The van der Waals surface area contributed by atoms with E-state index in [0.717, 1.165) is 0 Å². The first kappa shape index (κ1) is 11.8. The van der Waals surface area contributed by atoms with Gasteiger partial charge in [-0.15, -0.1) is 0 Å². The van der Waals surface area contributed by atoms with Gasteiger partial charge in [-0.05, 0) is 18.1 Å². The summed E-state index contributed by atoms with van der Waals surface area (Å²) in [6.07, 6.45) is -1.98. The molecule has 0 saturated heterocycles. The predicted octanol–water partition coefficient (Wildman–Crippen LogP) is 2.52. The first-order chi connectivity index (χ1) is 8.09. The molecule has 1 aliphatic carbocycles. The first-order valence-corrected chi connectivity index (χ1v) is 5.32. The summed E-state index contributed by atoms with van der Waals surface area (Å²) in [7, 11) is 0. The van der Waals surface area contributed by atoms with Gasteiger partial charge in [0.2, 0.25) is 0 Å². The summed E-state index contributed by atoms with van der Waals surface area (Å²) in [5.41, 5.74) is 0.709. The van der Waals surface area contributed by atoms with Crippen molar-refractivity contribution in [1.29, 1.82) is 0 Å². The zero-order valence-corrected chi connectivity index (χ0v) is 8.98. The Kier molecular flexibility index (Phi) is 3.26. The number of rotatable bonds is 5. The molecule has 2 atom stereocenters. The van der Waals surface area contributed by atoms with Crippen LogP contribution in [-0.4, -0.2) is 24.1 Å². The van der Waals surface area contributed by atoms with Crippen molar-refractivity contribution in [3.8, 4) is 5.75 Å². The van der Waals surface area contributed by atoms with Gasteiger partial charge in [-0.3, -0.25) is 4.79 Å². The molecule has 1 aromatic rings. The highest BCUT2D eigenvalue weighted by molar-refractivity contribution is 5.75. The average molecular weight is 242 g/mol. The molecule has 1 N–H and O–H groups in total. The average Bonchev–Trinajstić information content (AvgIpc) is 3.06. The molecular formula is C12H12F2O3. The SMILES string of the molecule is O=C(O)[C@@H]1C[C@H]1c1ccccc1OCC(F)F. The maximum Gasteiger partial charge on any atom is 0.307 e. The summed E-state index contributed by atoms with van der Waals surface area (Å²) >= 11 is 0. The second-order valence-electron chi connectivity index (χ2n) is 4.03. The number of alkyl halides is 2. The third-order valence-corrected chi connectivity index (χ3v) is 2.79. The zero-order chi connectivity index (χ0) is 12.4. The van der Waals surface area contributed by atoms with Gasteiger partial charge in [0.15, 0.2) is 0 Å². The van der Waals surface area contributed by atoms with Crippen LogP contribution in [0.5, 0.6) is 5.75 Å². The second-order valence-corrected chi connectivity index (χ2v) is 4.03. The van der Waals surface area contributed by atoms with E-state index >= 15 is 0 Å². The minimum atomic E-state index is -2.53. The fourth-order valence-corrected chi connectivity index (χ4v) is 1.88. The Morgan fingerprint density at radius 1 is 1.47 bits per heavy atom. The van der Waals surface area contributed by atoms with Crippen molar-refractivity contribution in [3.63, 3.8) is 0 Å². The minimum absolute atomic E-state index is 0.110. The van der Waals surface area contributed by atoms with Gasteiger partial charge in [0, 0.05) is 5.92 Å². The number of para-hydroxylation sites is 1. The van der Waals surface area contributed by atoms with E-state index in [2.05, 4.69) is 0 Å². The van der Waals surface area contributed by atoms with Crippen LogP contribution in [0.3, 0.4) is 0 Å². The highest BCUT2D eigenvalue weighted by Gasteiger charge is 2.45. The second kappa shape index (κ2) is 4.69. The Morgan fingerprint density at radius 2 is 2.18 bits per heavy atom. The molecule has 0 amide bonds. The molecule has 1 fully saturated rings. The van der Waals surface area contributed by atoms with Crippen molar-refractivity contribution in [3.05, 3.63) is 29.8 Å². The molecule has 0 spiro atoms. The van der Waals surface area contributed by atoms with E-state index in [1.807, 2.05) is 0 Å². The summed E-state index contributed by atoms with van der Waals surface area (Å²) in [4.78, 5) is 10.8. The van der Waals surface area contributed by atoms with E-state index in [9.17, 15) is 13.6 Å². The Bertz CT molecular complexity index is 420. The Hall–Kier alpha value is -1.65. The molecule has 0 bridgehead atoms. The van der Waals surface area contributed by atoms with Gasteiger partial charge in [0.25, 0.3) is 6.43 Å². The third-order valence-electron chi connectivity index (χ3n) is 2.79. The van der Waals surface area contributed by atoms with E-state index in [1.54, 1.807) is 24.3 Å². The van der Waals surface area contributed by atoms with E-state index < -0.39 is 24.9 Å². The standard InChI is InChI=1S/C12H12F2O3/c13-11(14)6-17-10-4-2-1-3-7(10)8-5-9(8)12(15)16/h1-4,8-9,11H,5-6H2,(H,15,16)/t8-,9+/m0/s1. The number of carboxylic acid groups (broad SMARTS) is 1. The summed E-state index contributed by atoms with van der Waals surface area (Å²) in [6.45, 7) is -0.665. The Balaban J connectivity index is 2.09. The molecule has 92 valence electrons. The van der Waals surface area contributed by atoms with E-state index in [1.165, 1.54) is 0 Å². The molecular weight excluding hydrogens is 230 g/mol. The topological polar surface area (TPSA) is 46.5 Å². The van der Waals surface area contributed by atoms with Gasteiger partial charge in [-0.25, -0.2) is 8.78 Å². The zero-order valence-electron chi connectivity index (χ0n) is 8.98. The molecule has 3 nitrogen and oxygen atoms in total. The minimum Gasteiger partial charge on any atom is -0.487 e. The van der Waals surface area contributed by atoms with Crippen LogP contribution in [0, 0.1) is 5.92 Å². The van der Waals surface area contributed by atoms with Crippen molar-refractivity contribution < 1.29 is 23.4 Å². The smallest absolute Gasteiger partial charge is 0.307 e. The number of benzene rings is 1. The fraction of sp³-hybridized carbons (Fsp3) is 0.417. The monoisotopic (exact) mass is 242 g/mol. The van der Waals surface area contributed by atoms with Gasteiger partial charge in [-0.1, -0.05) is 18.2 Å². The van der Waals surface area contributed by atoms with Crippen molar-refractivity contribution >= 4 is 5.97 Å². The molecule has 1 aromatic carbocycles. The van der Waals surface area contributed by atoms with Gasteiger partial charge in [0.05, 0.1) is 5.92 Å². The Labute approximate surface area is 97.0 Å². The van der Waals surface area contributed by atoms with Crippen LogP contribution in [0.4, 0.5) is 8.78 Å². The summed E-state index contributed by atoms with van der Waals surface area (Å²) in [5.74, 6) is -1.01. The van der Waals surface area contributed by atoms with Crippen molar-refractivity contribution in [2.45, 2.75) is 18.8 Å². The highest BCUT2D eigenvalue weighted by atomic mass is 19.3. The Morgan fingerprint density at radius 3 is 2.76 bits per heavy atom. The highest BCUT2D eigenvalue weighted by Crippen LogP contribution is 2.50. The maximum atomic E-state index is 12.1. The quantitative estimate of drug-likeness (QED) is 0.863. The molecule has 0 heterocycles. The lowest BCUT2D eigenvalue weighted by atomic mass is 10.1. The summed E-state index contributed by atoms with van der Waals surface area (Å²) in [6, 6.07) is 6.76. The molecule has 0 unspecified atom stereocenters. The lowest BCUT2D eigenvalue weighted by molar-refractivity contribution is -0.138. The van der Waals surface area contributed by atoms with E-state index in [-0.39, 0.29) is 5.92 Å². The molecule has 1 aliphatic rings. The molecule has 1 saturated carbocycles. The van der Waals surface area contributed by atoms with Crippen LogP contribution in [0.1, 0.15) is 17.9 Å². The van der Waals surface area contributed by atoms with Crippen LogP contribution < -0.4 is 4.74 Å². The lowest BCUT2D eigenvalue weighted by Crippen LogP contribution is -2.08. The van der Waals surface area contributed by atoms with Crippen molar-refractivity contribution in [2.24, 2.45) is 5.92 Å². The molecule has 2 rings (SSSR count). The van der Waals surface area contributed by atoms with Crippen LogP contribution in [0.15, 0.2) is 24.3 Å². The van der Waals surface area contributed by atoms with Gasteiger partial charge < -0.3 is 9.84 Å². The van der Waals surface area contributed by atoms with Crippen molar-refractivity contribution in [2.75, 3.05) is 6.61 Å². The van der Waals surface area contributed by atoms with Gasteiger partial charge in [-0.2, -0.15) is 0 Å². The van der Waals surface area contributed by atoms with Crippen LogP contribution >= 0.6 is 0 Å². The predicted molar refractivity (Wildman–Crippen MR) is 56.4 cm³/mol. The number of ether oxygens (including phenoxy) is 1. The van der Waals surface area contributed by atoms with Gasteiger partial charge in [0.1, 0.15) is 12.4 Å². The number of carboxylic acids is 1. The molecule has 17 heavy (non-hydrogen) atoms. The van der Waals surface area contributed by atoms with Crippen LogP contribution in [-0.2, 0) is 4.79 Å². The fourth-order valence-electron chi connectivity index (χ4n) is 1.88. The largest absolute Gasteiger partial charge is 0.487 e. The number of halogens is 2. The number of aliphatic carboxylic acids is 1. The van der Waals surface area contributed by atoms with Crippen LogP contribution in [0.25, 0.3) is 0 Å². The van der Waals surface area contributed by atoms with E-state index in [4.69, 9.17) is 9.84 Å². The molecule has 0 aromatic heterocycles. The molecule has 5 heteroatoms.